The molecule has 0 atom stereocenters. The maximum Gasteiger partial charge on any atom is 0.240 e. The first-order chi connectivity index (χ1) is 9.01. The molecule has 1 aromatic carbocycles. The van der Waals surface area contributed by atoms with E-state index in [1.54, 1.807) is 24.4 Å². The van der Waals surface area contributed by atoms with E-state index in [4.69, 9.17) is 11.6 Å². The van der Waals surface area contributed by atoms with E-state index in [-0.39, 0.29) is 4.90 Å². The number of thiazole rings is 1. The van der Waals surface area contributed by atoms with Crippen molar-refractivity contribution >= 4 is 38.6 Å². The average molecular weight is 318 g/mol. The Labute approximate surface area is 120 Å². The van der Waals surface area contributed by atoms with Crippen molar-refractivity contribution in [1.29, 1.82) is 0 Å². The number of hydrogen-bond acceptors (Lipinski definition) is 5. The van der Waals surface area contributed by atoms with E-state index in [9.17, 15) is 8.42 Å². The Morgan fingerprint density at radius 2 is 2.21 bits per heavy atom. The van der Waals surface area contributed by atoms with Crippen LogP contribution in [0.25, 0.3) is 0 Å². The van der Waals surface area contributed by atoms with E-state index in [1.807, 2.05) is 0 Å². The van der Waals surface area contributed by atoms with Crippen LogP contribution in [-0.4, -0.2) is 20.4 Å². The number of halogens is 1. The first-order valence-corrected chi connectivity index (χ1v) is 8.07. The van der Waals surface area contributed by atoms with Gasteiger partial charge in [-0.25, -0.2) is 18.1 Å². The number of rotatable bonds is 5. The SMILES string of the molecule is CNS(=O)(=O)c1cccc(NCc2ncc(Cl)s2)c1. The zero-order chi connectivity index (χ0) is 13.9. The van der Waals surface area contributed by atoms with Gasteiger partial charge in [-0.15, -0.1) is 11.3 Å². The van der Waals surface area contributed by atoms with Gasteiger partial charge in [-0.2, -0.15) is 0 Å². The summed E-state index contributed by atoms with van der Waals surface area (Å²) in [6.07, 6.45) is 1.59. The van der Waals surface area contributed by atoms with Crippen molar-refractivity contribution in [3.05, 3.63) is 39.8 Å². The Bertz CT molecular complexity index is 670. The molecule has 0 spiro atoms. The Morgan fingerprint density at radius 1 is 1.42 bits per heavy atom. The lowest BCUT2D eigenvalue weighted by molar-refractivity contribution is 0.588. The van der Waals surface area contributed by atoms with Crippen LogP contribution in [0.2, 0.25) is 4.34 Å². The molecule has 0 aliphatic heterocycles. The maximum absolute atomic E-state index is 11.7. The molecule has 2 rings (SSSR count). The molecule has 102 valence electrons. The highest BCUT2D eigenvalue weighted by molar-refractivity contribution is 7.89. The molecular weight excluding hydrogens is 306 g/mol. The van der Waals surface area contributed by atoms with Gasteiger partial charge in [0.15, 0.2) is 0 Å². The molecule has 5 nitrogen and oxygen atoms in total. The summed E-state index contributed by atoms with van der Waals surface area (Å²) in [7, 11) is -2.04. The third-order valence-corrected chi connectivity index (χ3v) is 4.91. The zero-order valence-electron chi connectivity index (χ0n) is 10.1. The quantitative estimate of drug-likeness (QED) is 0.888. The highest BCUT2D eigenvalue weighted by Gasteiger charge is 2.11. The number of anilines is 1. The molecular formula is C11H12ClN3O2S2. The number of aromatic nitrogens is 1. The lowest BCUT2D eigenvalue weighted by Gasteiger charge is -2.07. The van der Waals surface area contributed by atoms with Crippen molar-refractivity contribution in [1.82, 2.24) is 9.71 Å². The minimum absolute atomic E-state index is 0.220. The monoisotopic (exact) mass is 317 g/mol. The third kappa shape index (κ3) is 3.66. The fraction of sp³-hybridized carbons (Fsp3) is 0.182. The summed E-state index contributed by atoms with van der Waals surface area (Å²) in [5.41, 5.74) is 0.711. The number of hydrogen-bond donors (Lipinski definition) is 2. The number of benzene rings is 1. The Hall–Kier alpha value is -1.15. The second-order valence-electron chi connectivity index (χ2n) is 3.65. The molecule has 19 heavy (non-hydrogen) atoms. The molecule has 2 aromatic rings. The third-order valence-electron chi connectivity index (χ3n) is 2.38. The standard InChI is InChI=1S/C11H12ClN3O2S2/c1-13-19(16,17)9-4-2-3-8(5-9)14-7-11-15-6-10(12)18-11/h2-6,13-14H,7H2,1H3. The fourth-order valence-corrected chi connectivity index (χ4v) is 3.11. The molecule has 1 heterocycles. The van der Waals surface area contributed by atoms with Crippen LogP contribution in [0.4, 0.5) is 5.69 Å². The molecule has 0 fully saturated rings. The summed E-state index contributed by atoms with van der Waals surface area (Å²) in [5.74, 6) is 0. The van der Waals surface area contributed by atoms with E-state index in [1.165, 1.54) is 24.5 Å². The summed E-state index contributed by atoms with van der Waals surface area (Å²) in [6, 6.07) is 6.59. The topological polar surface area (TPSA) is 71.1 Å². The van der Waals surface area contributed by atoms with E-state index in [2.05, 4.69) is 15.0 Å². The lowest BCUT2D eigenvalue weighted by Crippen LogP contribution is -2.18. The van der Waals surface area contributed by atoms with Gasteiger partial charge in [0.2, 0.25) is 10.0 Å². The van der Waals surface area contributed by atoms with Crippen molar-refractivity contribution < 1.29 is 8.42 Å². The highest BCUT2D eigenvalue weighted by Crippen LogP contribution is 2.20. The summed E-state index contributed by atoms with van der Waals surface area (Å²) in [6.45, 7) is 0.500. The van der Waals surface area contributed by atoms with Gasteiger partial charge in [-0.3, -0.25) is 0 Å². The molecule has 0 aliphatic rings. The van der Waals surface area contributed by atoms with Gasteiger partial charge >= 0.3 is 0 Å². The van der Waals surface area contributed by atoms with Gasteiger partial charge in [0, 0.05) is 5.69 Å². The predicted molar refractivity (Wildman–Crippen MR) is 77.1 cm³/mol. The second-order valence-corrected chi connectivity index (χ2v) is 7.28. The van der Waals surface area contributed by atoms with E-state index < -0.39 is 10.0 Å². The van der Waals surface area contributed by atoms with Crippen LogP contribution in [0.15, 0.2) is 35.4 Å². The summed E-state index contributed by atoms with van der Waals surface area (Å²) >= 11 is 7.17. The van der Waals surface area contributed by atoms with Gasteiger partial charge in [-0.05, 0) is 25.2 Å². The van der Waals surface area contributed by atoms with Crippen molar-refractivity contribution in [3.8, 4) is 0 Å². The average Bonchev–Trinajstić information content (AvgIpc) is 2.82. The molecule has 0 bridgehead atoms. The molecule has 8 heteroatoms. The minimum atomic E-state index is -3.42. The molecule has 1 aromatic heterocycles. The number of sulfonamides is 1. The van der Waals surface area contributed by atoms with Crippen molar-refractivity contribution in [3.63, 3.8) is 0 Å². The van der Waals surface area contributed by atoms with Gasteiger partial charge in [0.05, 0.1) is 17.6 Å². The highest BCUT2D eigenvalue weighted by atomic mass is 35.5. The summed E-state index contributed by atoms with van der Waals surface area (Å²) in [4.78, 5) is 4.33. The lowest BCUT2D eigenvalue weighted by atomic mass is 10.3. The second kappa shape index (κ2) is 5.87. The number of nitrogens with zero attached hydrogens (tertiary/aromatic N) is 1. The number of nitrogens with one attached hydrogen (secondary N) is 2. The van der Waals surface area contributed by atoms with E-state index in [0.717, 1.165) is 5.01 Å². The normalized spacial score (nSPS) is 11.5. The van der Waals surface area contributed by atoms with Gasteiger partial charge in [0.25, 0.3) is 0 Å². The largest absolute Gasteiger partial charge is 0.378 e. The van der Waals surface area contributed by atoms with E-state index >= 15 is 0 Å². The predicted octanol–water partition coefficient (Wildman–Crippen LogP) is 2.32. The fourth-order valence-electron chi connectivity index (χ4n) is 1.44. The molecule has 0 saturated heterocycles. The van der Waals surface area contributed by atoms with Gasteiger partial charge in [-0.1, -0.05) is 17.7 Å². The Morgan fingerprint density at radius 3 is 2.84 bits per heavy atom. The van der Waals surface area contributed by atoms with Crippen LogP contribution in [0.1, 0.15) is 5.01 Å². The first kappa shape index (κ1) is 14.3. The molecule has 0 radical (unpaired) electrons. The van der Waals surface area contributed by atoms with Crippen LogP contribution in [-0.2, 0) is 16.6 Å². The van der Waals surface area contributed by atoms with Crippen LogP contribution in [0.5, 0.6) is 0 Å². The van der Waals surface area contributed by atoms with E-state index in [0.29, 0.717) is 16.6 Å². The van der Waals surface area contributed by atoms with Crippen molar-refractivity contribution in [2.75, 3.05) is 12.4 Å². The summed E-state index contributed by atoms with van der Waals surface area (Å²) < 4.78 is 26.2. The zero-order valence-corrected chi connectivity index (χ0v) is 12.4. The molecule has 0 saturated carbocycles. The van der Waals surface area contributed by atoms with Gasteiger partial charge < -0.3 is 5.32 Å². The Kier molecular flexibility index (Phi) is 4.41. The molecule has 0 aliphatic carbocycles. The molecule has 0 unspecified atom stereocenters. The Balaban J connectivity index is 2.11. The van der Waals surface area contributed by atoms with Crippen molar-refractivity contribution in [2.45, 2.75) is 11.4 Å². The maximum atomic E-state index is 11.7. The minimum Gasteiger partial charge on any atom is -0.378 e. The van der Waals surface area contributed by atoms with Crippen LogP contribution in [0.3, 0.4) is 0 Å². The first-order valence-electron chi connectivity index (χ1n) is 5.39. The molecule has 2 N–H and O–H groups in total. The molecule has 0 amide bonds. The summed E-state index contributed by atoms with van der Waals surface area (Å²) in [5, 5.41) is 3.95. The van der Waals surface area contributed by atoms with Crippen LogP contribution < -0.4 is 10.0 Å². The van der Waals surface area contributed by atoms with Gasteiger partial charge in [0.1, 0.15) is 9.34 Å². The van der Waals surface area contributed by atoms with Crippen molar-refractivity contribution in [2.24, 2.45) is 0 Å². The smallest absolute Gasteiger partial charge is 0.240 e. The van der Waals surface area contributed by atoms with Crippen LogP contribution in [0, 0.1) is 0 Å². The van der Waals surface area contributed by atoms with Crippen LogP contribution >= 0.6 is 22.9 Å².